The molecule has 0 spiro atoms. The van der Waals surface area contributed by atoms with E-state index in [2.05, 4.69) is 11.1 Å². The number of benzene rings is 3. The Morgan fingerprint density at radius 1 is 0.931 bits per heavy atom. The molecule has 0 fully saturated rings. The summed E-state index contributed by atoms with van der Waals surface area (Å²) in [5, 5.41) is 1.06. The van der Waals surface area contributed by atoms with Crippen LogP contribution in [0.15, 0.2) is 76.6 Å². The van der Waals surface area contributed by atoms with E-state index >= 15 is 0 Å². The van der Waals surface area contributed by atoms with Crippen LogP contribution in [0.4, 0.5) is 5.69 Å². The molecule has 0 saturated heterocycles. The minimum Gasteiger partial charge on any atom is -0.256 e. The largest absolute Gasteiger partial charge is 0.256 e. The molecule has 1 aliphatic rings. The SMILES string of the molecule is O=S(=O)(c1ccc(N=Cc2ccc(Cl)cc2Cl)cc1)N1CCc2ccccc2C1. The maximum absolute atomic E-state index is 13.0. The zero-order valence-electron chi connectivity index (χ0n) is 15.4. The highest BCUT2D eigenvalue weighted by molar-refractivity contribution is 7.89. The van der Waals surface area contributed by atoms with Crippen LogP contribution in [0.25, 0.3) is 0 Å². The average Bonchev–Trinajstić information content (AvgIpc) is 2.73. The van der Waals surface area contributed by atoms with Crippen molar-refractivity contribution in [2.45, 2.75) is 17.9 Å². The van der Waals surface area contributed by atoms with Crippen molar-refractivity contribution in [1.29, 1.82) is 0 Å². The zero-order valence-corrected chi connectivity index (χ0v) is 17.8. The van der Waals surface area contributed by atoms with Crippen LogP contribution in [0.2, 0.25) is 10.0 Å². The molecule has 0 saturated carbocycles. The molecule has 1 heterocycles. The van der Waals surface area contributed by atoms with E-state index in [9.17, 15) is 8.42 Å². The molecular weight excluding hydrogens is 427 g/mol. The molecule has 0 atom stereocenters. The van der Waals surface area contributed by atoms with Gasteiger partial charge in [0.2, 0.25) is 10.0 Å². The first-order chi connectivity index (χ1) is 13.9. The summed E-state index contributed by atoms with van der Waals surface area (Å²) >= 11 is 12.0. The van der Waals surface area contributed by atoms with Crippen LogP contribution >= 0.6 is 23.2 Å². The normalized spacial score (nSPS) is 14.8. The van der Waals surface area contributed by atoms with E-state index in [0.717, 1.165) is 17.5 Å². The molecule has 0 radical (unpaired) electrons. The molecule has 3 aromatic carbocycles. The summed E-state index contributed by atoms with van der Waals surface area (Å²) in [6, 6.07) is 19.7. The summed E-state index contributed by atoms with van der Waals surface area (Å²) in [7, 11) is -3.55. The fourth-order valence-corrected chi connectivity index (χ4v) is 5.15. The third kappa shape index (κ3) is 4.38. The molecule has 29 heavy (non-hydrogen) atoms. The molecule has 7 heteroatoms. The van der Waals surface area contributed by atoms with E-state index in [-0.39, 0.29) is 4.90 Å². The molecule has 0 aliphatic carbocycles. The highest BCUT2D eigenvalue weighted by atomic mass is 35.5. The van der Waals surface area contributed by atoms with Crippen molar-refractivity contribution in [3.63, 3.8) is 0 Å². The van der Waals surface area contributed by atoms with Crippen LogP contribution in [-0.2, 0) is 23.0 Å². The van der Waals surface area contributed by atoms with Gasteiger partial charge >= 0.3 is 0 Å². The summed E-state index contributed by atoms with van der Waals surface area (Å²) in [6.07, 6.45) is 2.35. The average molecular weight is 445 g/mol. The summed E-state index contributed by atoms with van der Waals surface area (Å²) in [6.45, 7) is 0.877. The molecule has 0 aromatic heterocycles. The molecule has 148 valence electrons. The first-order valence-electron chi connectivity index (χ1n) is 9.09. The van der Waals surface area contributed by atoms with E-state index in [4.69, 9.17) is 23.2 Å². The highest BCUT2D eigenvalue weighted by Gasteiger charge is 2.28. The van der Waals surface area contributed by atoms with E-state index < -0.39 is 10.0 Å². The van der Waals surface area contributed by atoms with Crippen LogP contribution in [0.1, 0.15) is 16.7 Å². The monoisotopic (exact) mass is 444 g/mol. The predicted molar refractivity (Wildman–Crippen MR) is 118 cm³/mol. The lowest BCUT2D eigenvalue weighted by molar-refractivity contribution is 0.391. The molecule has 4 rings (SSSR count). The minimum atomic E-state index is -3.55. The summed E-state index contributed by atoms with van der Waals surface area (Å²) in [4.78, 5) is 4.64. The molecule has 0 bridgehead atoms. The number of halogens is 2. The zero-order chi connectivity index (χ0) is 20.4. The van der Waals surface area contributed by atoms with Crippen LogP contribution in [-0.4, -0.2) is 25.5 Å². The number of hydrogen-bond acceptors (Lipinski definition) is 3. The van der Waals surface area contributed by atoms with Crippen LogP contribution in [0, 0.1) is 0 Å². The number of hydrogen-bond donors (Lipinski definition) is 0. The van der Waals surface area contributed by atoms with Crippen LogP contribution in [0.3, 0.4) is 0 Å². The third-order valence-electron chi connectivity index (χ3n) is 4.89. The van der Waals surface area contributed by atoms with Crippen LogP contribution in [0.5, 0.6) is 0 Å². The van der Waals surface area contributed by atoms with Gasteiger partial charge in [0.05, 0.1) is 15.6 Å². The molecular formula is C22H18Cl2N2O2S. The van der Waals surface area contributed by atoms with Gasteiger partial charge in [0.1, 0.15) is 0 Å². The number of rotatable bonds is 4. The summed E-state index contributed by atoms with van der Waals surface area (Å²) in [5.41, 5.74) is 3.64. The number of fused-ring (bicyclic) bond motifs is 1. The Morgan fingerprint density at radius 2 is 1.66 bits per heavy atom. The van der Waals surface area contributed by atoms with Gasteiger partial charge in [-0.15, -0.1) is 0 Å². The van der Waals surface area contributed by atoms with Gasteiger partial charge in [-0.05, 0) is 53.9 Å². The molecule has 0 N–H and O–H groups in total. The minimum absolute atomic E-state index is 0.264. The number of nitrogens with zero attached hydrogens (tertiary/aromatic N) is 2. The maximum atomic E-state index is 13.0. The lowest BCUT2D eigenvalue weighted by atomic mass is 10.0. The third-order valence-corrected chi connectivity index (χ3v) is 7.31. The molecule has 0 amide bonds. The van der Waals surface area contributed by atoms with Crippen molar-refractivity contribution in [3.8, 4) is 0 Å². The van der Waals surface area contributed by atoms with Crippen molar-refractivity contribution in [2.75, 3.05) is 6.54 Å². The first kappa shape index (κ1) is 20.1. The van der Waals surface area contributed by atoms with Gasteiger partial charge < -0.3 is 0 Å². The Balaban J connectivity index is 1.52. The van der Waals surface area contributed by atoms with Gasteiger partial charge in [0, 0.05) is 29.9 Å². The molecule has 1 aliphatic heterocycles. The van der Waals surface area contributed by atoms with Crippen LogP contribution < -0.4 is 0 Å². The van der Waals surface area contributed by atoms with Gasteiger partial charge in [-0.25, -0.2) is 8.42 Å². The van der Waals surface area contributed by atoms with Crippen molar-refractivity contribution >= 4 is 45.1 Å². The highest BCUT2D eigenvalue weighted by Crippen LogP contribution is 2.26. The Kier molecular flexibility index (Phi) is 5.74. The quantitative estimate of drug-likeness (QED) is 0.499. The van der Waals surface area contributed by atoms with Crippen molar-refractivity contribution in [2.24, 2.45) is 4.99 Å². The molecule has 4 nitrogen and oxygen atoms in total. The number of sulfonamides is 1. The predicted octanol–water partition coefficient (Wildman–Crippen LogP) is 5.49. The topological polar surface area (TPSA) is 49.7 Å². The second-order valence-corrected chi connectivity index (χ2v) is 9.56. The van der Waals surface area contributed by atoms with Gasteiger partial charge in [0.15, 0.2) is 0 Å². The fourth-order valence-electron chi connectivity index (χ4n) is 3.28. The first-order valence-corrected chi connectivity index (χ1v) is 11.3. The molecule has 0 unspecified atom stereocenters. The fraction of sp³-hybridized carbons (Fsp3) is 0.136. The van der Waals surface area contributed by atoms with Gasteiger partial charge in [0.25, 0.3) is 0 Å². The van der Waals surface area contributed by atoms with Gasteiger partial charge in [-0.1, -0.05) is 53.5 Å². The number of aliphatic imine (C=N–C) groups is 1. The second kappa shape index (κ2) is 8.28. The van der Waals surface area contributed by atoms with E-state index in [0.29, 0.717) is 28.8 Å². The summed E-state index contributed by atoms with van der Waals surface area (Å²) < 4.78 is 27.6. The second-order valence-electron chi connectivity index (χ2n) is 6.78. The lowest BCUT2D eigenvalue weighted by Crippen LogP contribution is -2.35. The molecule has 3 aromatic rings. The van der Waals surface area contributed by atoms with Crippen molar-refractivity contribution < 1.29 is 8.42 Å². The maximum Gasteiger partial charge on any atom is 0.243 e. The van der Waals surface area contributed by atoms with Gasteiger partial charge in [-0.3, -0.25) is 4.99 Å². The van der Waals surface area contributed by atoms with E-state index in [1.165, 1.54) is 9.87 Å². The van der Waals surface area contributed by atoms with Gasteiger partial charge in [-0.2, -0.15) is 4.31 Å². The Morgan fingerprint density at radius 3 is 2.38 bits per heavy atom. The Hall–Kier alpha value is -2.18. The van der Waals surface area contributed by atoms with Crippen molar-refractivity contribution in [1.82, 2.24) is 4.31 Å². The van der Waals surface area contributed by atoms with Crippen molar-refractivity contribution in [3.05, 3.63) is 93.5 Å². The summed E-state index contributed by atoms with van der Waals surface area (Å²) in [5.74, 6) is 0. The lowest BCUT2D eigenvalue weighted by Gasteiger charge is -2.28. The Bertz CT molecular complexity index is 1180. The standard InChI is InChI=1S/C22H18Cl2N2O2S/c23-19-6-5-17(22(24)13-19)14-25-20-7-9-21(10-8-20)29(27,28)26-12-11-16-3-1-2-4-18(16)15-26/h1-10,13-14H,11-12,15H2. The van der Waals surface area contributed by atoms with E-state index in [1.807, 2.05) is 18.2 Å². The van der Waals surface area contributed by atoms with E-state index in [1.54, 1.807) is 48.7 Å². The smallest absolute Gasteiger partial charge is 0.243 e. The Labute approximate surface area is 180 Å².